The minimum atomic E-state index is -2.16. The van der Waals surface area contributed by atoms with Gasteiger partial charge in [-0.2, -0.15) is 5.26 Å². The zero-order valence-corrected chi connectivity index (χ0v) is 20.8. The summed E-state index contributed by atoms with van der Waals surface area (Å²) in [6, 6.07) is 1.90. The summed E-state index contributed by atoms with van der Waals surface area (Å²) >= 11 is 0. The average molecular weight is 404 g/mol. The van der Waals surface area contributed by atoms with Gasteiger partial charge in [-0.05, 0) is 42.7 Å². The zero-order chi connectivity index (χ0) is 21.2. The van der Waals surface area contributed by atoms with Gasteiger partial charge in [-0.25, -0.2) is 0 Å². The topological polar surface area (TPSA) is 82.7 Å². The summed E-state index contributed by atoms with van der Waals surface area (Å²) in [5.41, 5.74) is -3.70. The van der Waals surface area contributed by atoms with E-state index in [-0.39, 0.29) is 29.7 Å². The van der Waals surface area contributed by atoms with E-state index >= 15 is 0 Å². The highest BCUT2D eigenvalue weighted by Gasteiger charge is 2.52. The van der Waals surface area contributed by atoms with Crippen LogP contribution in [0, 0.1) is 11.3 Å². The molecule has 154 valence electrons. The summed E-state index contributed by atoms with van der Waals surface area (Å²) in [6.45, 7) is 22.5. The van der Waals surface area contributed by atoms with Crippen molar-refractivity contribution in [2.45, 2.75) is 102 Å². The van der Waals surface area contributed by atoms with E-state index < -0.39 is 27.8 Å². The molecule has 0 aliphatic rings. The lowest BCUT2D eigenvalue weighted by Crippen LogP contribution is -2.62. The van der Waals surface area contributed by atoms with Crippen LogP contribution >= 0.6 is 0 Å². The molecule has 2 N–H and O–H groups in total. The average Bonchev–Trinajstić information content (AvgIpc) is 2.48. The number of aliphatic hydroxyl groups is 2. The van der Waals surface area contributed by atoms with Crippen LogP contribution in [0.15, 0.2) is 0 Å². The van der Waals surface area contributed by atoms with E-state index in [1.165, 1.54) is 0 Å². The highest BCUT2D eigenvalue weighted by molar-refractivity contribution is 6.74. The van der Waals surface area contributed by atoms with Crippen molar-refractivity contribution >= 4 is 16.6 Å². The van der Waals surface area contributed by atoms with Crippen molar-refractivity contribution in [3.8, 4) is 6.07 Å². The molecule has 0 amide bonds. The van der Waals surface area contributed by atoms with Crippen LogP contribution in [0.1, 0.15) is 54.9 Å². The zero-order valence-electron chi connectivity index (χ0n) is 18.8. The molecule has 5 nitrogen and oxygen atoms in total. The molecule has 0 aromatic carbocycles. The molecular weight excluding hydrogens is 362 g/mol. The summed E-state index contributed by atoms with van der Waals surface area (Å²) in [4.78, 5) is 0. The van der Waals surface area contributed by atoms with Crippen molar-refractivity contribution in [2.75, 3.05) is 13.2 Å². The molecular formula is C19H41NO4Si2. The van der Waals surface area contributed by atoms with Gasteiger partial charge in [0.2, 0.25) is 0 Å². The van der Waals surface area contributed by atoms with Crippen LogP contribution in [0.5, 0.6) is 0 Å². The molecule has 0 aliphatic carbocycles. The van der Waals surface area contributed by atoms with E-state index in [9.17, 15) is 15.5 Å². The second-order valence-corrected chi connectivity index (χ2v) is 20.1. The lowest BCUT2D eigenvalue weighted by atomic mass is 9.83. The number of hydrogen-bond acceptors (Lipinski definition) is 5. The molecule has 1 unspecified atom stereocenters. The van der Waals surface area contributed by atoms with Gasteiger partial charge < -0.3 is 19.1 Å². The number of hydrogen-bond donors (Lipinski definition) is 2. The largest absolute Gasteiger partial charge is 0.414 e. The Morgan fingerprint density at radius 1 is 0.808 bits per heavy atom. The van der Waals surface area contributed by atoms with Crippen molar-refractivity contribution in [1.82, 2.24) is 0 Å². The van der Waals surface area contributed by atoms with Crippen LogP contribution in [-0.4, -0.2) is 51.3 Å². The third-order valence-corrected chi connectivity index (χ3v) is 15.4. The molecule has 0 heterocycles. The fourth-order valence-electron chi connectivity index (χ4n) is 1.83. The first kappa shape index (κ1) is 25.8. The molecule has 7 heteroatoms. The van der Waals surface area contributed by atoms with Crippen molar-refractivity contribution in [3.63, 3.8) is 0 Å². The molecule has 26 heavy (non-hydrogen) atoms. The maximum atomic E-state index is 11.3. The number of rotatable bonds is 8. The van der Waals surface area contributed by atoms with Crippen LogP contribution in [0.2, 0.25) is 36.3 Å². The molecule has 0 saturated heterocycles. The monoisotopic (exact) mass is 403 g/mol. The quantitative estimate of drug-likeness (QED) is 0.463. The smallest absolute Gasteiger partial charge is 0.192 e. The summed E-state index contributed by atoms with van der Waals surface area (Å²) in [7, 11) is -4.31. The van der Waals surface area contributed by atoms with Crippen molar-refractivity contribution in [2.24, 2.45) is 0 Å². The normalized spacial score (nSPS) is 16.9. The van der Waals surface area contributed by atoms with Gasteiger partial charge in [0.05, 0.1) is 13.2 Å². The number of nitriles is 1. The van der Waals surface area contributed by atoms with E-state index in [1.54, 1.807) is 6.92 Å². The lowest BCUT2D eigenvalue weighted by molar-refractivity contribution is -0.160. The Balaban J connectivity index is 5.65. The second-order valence-electron chi connectivity index (χ2n) is 10.5. The van der Waals surface area contributed by atoms with E-state index in [2.05, 4.69) is 67.7 Å². The molecule has 0 bridgehead atoms. The van der Waals surface area contributed by atoms with Gasteiger partial charge >= 0.3 is 0 Å². The van der Waals surface area contributed by atoms with Gasteiger partial charge in [-0.1, -0.05) is 48.5 Å². The van der Waals surface area contributed by atoms with Crippen LogP contribution in [0.4, 0.5) is 0 Å². The molecule has 1 atom stereocenters. The summed E-state index contributed by atoms with van der Waals surface area (Å²) in [5.74, 6) is 0. The van der Waals surface area contributed by atoms with Crippen molar-refractivity contribution < 1.29 is 19.1 Å². The molecule has 0 spiro atoms. The van der Waals surface area contributed by atoms with E-state index in [0.29, 0.717) is 0 Å². The fourth-order valence-corrected chi connectivity index (χ4v) is 3.89. The van der Waals surface area contributed by atoms with E-state index in [4.69, 9.17) is 8.85 Å². The third kappa shape index (κ3) is 5.63. The Morgan fingerprint density at radius 3 is 1.31 bits per heavy atom. The molecule has 0 rings (SSSR count). The van der Waals surface area contributed by atoms with Gasteiger partial charge in [0.15, 0.2) is 27.8 Å². The first-order valence-electron chi connectivity index (χ1n) is 9.42. The van der Waals surface area contributed by atoms with Crippen LogP contribution in [0.25, 0.3) is 0 Å². The maximum absolute atomic E-state index is 11.3. The summed E-state index contributed by atoms with van der Waals surface area (Å²) in [6.07, 6.45) is 0.0989. The van der Waals surface area contributed by atoms with Gasteiger partial charge in [0.1, 0.15) is 6.07 Å². The third-order valence-electron chi connectivity index (χ3n) is 6.42. The predicted octanol–water partition coefficient (Wildman–Crippen LogP) is 4.43. The molecule has 0 fully saturated rings. The SMILES string of the molecule is CCC(O)(C#N)C(O)(CO[Si](C)(C)C(C)(C)C)CO[Si](C)(C)C(C)(C)C. The molecule has 0 aromatic heterocycles. The first-order chi connectivity index (χ1) is 11.3. The summed E-state index contributed by atoms with van der Waals surface area (Å²) < 4.78 is 12.3. The van der Waals surface area contributed by atoms with Crippen LogP contribution in [0.3, 0.4) is 0 Å². The lowest BCUT2D eigenvalue weighted by Gasteiger charge is -2.45. The Labute approximate surface area is 163 Å². The Kier molecular flexibility index (Phi) is 7.94. The first-order valence-corrected chi connectivity index (χ1v) is 15.2. The van der Waals surface area contributed by atoms with Gasteiger partial charge in [0.25, 0.3) is 0 Å². The summed E-state index contributed by atoms with van der Waals surface area (Å²) in [5, 5.41) is 31.6. The fraction of sp³-hybridized carbons (Fsp3) is 0.947. The van der Waals surface area contributed by atoms with Crippen LogP contribution < -0.4 is 0 Å². The Hall–Kier alpha value is -0.236. The molecule has 0 aromatic rings. The van der Waals surface area contributed by atoms with Crippen LogP contribution in [-0.2, 0) is 8.85 Å². The Bertz CT molecular complexity index is 485. The molecule has 0 aliphatic heterocycles. The standard InChI is InChI=1S/C19H41NO4Si2/c1-12-18(21,13-20)19(22,14-23-25(8,9)16(2,3)4)15-24-26(10,11)17(5,6)7/h21-22H,12,14-15H2,1-11H3. The van der Waals surface area contributed by atoms with Crippen molar-refractivity contribution in [3.05, 3.63) is 0 Å². The highest BCUT2D eigenvalue weighted by atomic mass is 28.4. The number of nitrogens with zero attached hydrogens (tertiary/aromatic N) is 1. The van der Waals surface area contributed by atoms with Crippen molar-refractivity contribution in [1.29, 1.82) is 5.26 Å². The van der Waals surface area contributed by atoms with Gasteiger partial charge in [0, 0.05) is 0 Å². The Morgan fingerprint density at radius 2 is 1.12 bits per heavy atom. The molecule has 0 saturated carbocycles. The highest BCUT2D eigenvalue weighted by Crippen LogP contribution is 2.40. The van der Waals surface area contributed by atoms with E-state index in [0.717, 1.165) is 0 Å². The van der Waals surface area contributed by atoms with Gasteiger partial charge in [-0.3, -0.25) is 0 Å². The minimum Gasteiger partial charge on any atom is -0.414 e. The predicted molar refractivity (Wildman–Crippen MR) is 112 cm³/mol. The van der Waals surface area contributed by atoms with E-state index in [1.807, 2.05) is 6.07 Å². The maximum Gasteiger partial charge on any atom is 0.192 e. The minimum absolute atomic E-state index is 0.0365. The van der Waals surface area contributed by atoms with Gasteiger partial charge in [-0.15, -0.1) is 0 Å². The second kappa shape index (κ2) is 8.02. The molecule has 0 radical (unpaired) electrons.